The van der Waals surface area contributed by atoms with Gasteiger partial charge < -0.3 is 42.6 Å². The van der Waals surface area contributed by atoms with Crippen molar-refractivity contribution in [3.05, 3.63) is 257 Å². The number of aromatic nitrogens is 1. The van der Waals surface area contributed by atoms with Gasteiger partial charge in [-0.05, 0) is 51.6 Å². The quantitative estimate of drug-likeness (QED) is 0.0540. The van der Waals surface area contributed by atoms with E-state index in [1.54, 1.807) is 30.5 Å². The molecule has 2 aliphatic heterocycles. The van der Waals surface area contributed by atoms with Crippen LogP contribution < -0.4 is 0 Å². The first-order chi connectivity index (χ1) is 35.1. The lowest BCUT2D eigenvalue weighted by atomic mass is 9.96. The molecule has 0 aliphatic carbocycles. The summed E-state index contributed by atoms with van der Waals surface area (Å²) in [5.74, 6) is -0.325. The average Bonchev–Trinajstić information content (AvgIpc) is 3.43. The van der Waals surface area contributed by atoms with Crippen LogP contribution in [0.1, 0.15) is 43.9 Å². The van der Waals surface area contributed by atoms with Crippen LogP contribution in [0.4, 0.5) is 0 Å². The molecule has 0 unspecified atom stereocenters. The highest BCUT2D eigenvalue weighted by atomic mass is 16.7. The largest absolute Gasteiger partial charge is 0.481 e. The Morgan fingerprint density at radius 3 is 1.30 bits per heavy atom. The molecule has 6 aromatic carbocycles. The zero-order valence-corrected chi connectivity index (χ0v) is 39.5. The predicted molar refractivity (Wildman–Crippen MR) is 267 cm³/mol. The van der Waals surface area contributed by atoms with Gasteiger partial charge in [-0.15, -0.1) is 0 Å². The van der Waals surface area contributed by atoms with Crippen molar-refractivity contribution in [1.29, 1.82) is 0 Å². The van der Waals surface area contributed by atoms with Crippen LogP contribution in [-0.4, -0.2) is 73.0 Å². The van der Waals surface area contributed by atoms with E-state index < -0.39 is 54.8 Å². The van der Waals surface area contributed by atoms with Crippen LogP contribution in [0.2, 0.25) is 0 Å². The third kappa shape index (κ3) is 14.3. The second-order valence-corrected chi connectivity index (χ2v) is 17.4. The Balaban J connectivity index is 1.10. The molecule has 0 spiro atoms. The SMILES string of the molecule is O=C(C1=C[C@@H](OCc2ccccc2)[C@H](O[C@H]2O[C@H](COCc3ccccc3)[C@@H](OCc3ccccc3)[C@H](OCc3ccccc3)[C@H]2OCc2ccccc2)[C@@H](COCc2ccccc2)O1)c1ccccn1. The molecule has 0 radical (unpaired) electrons. The molecule has 11 heteroatoms. The van der Waals surface area contributed by atoms with Gasteiger partial charge in [0.1, 0.15) is 42.3 Å². The summed E-state index contributed by atoms with van der Waals surface area (Å²) in [6.45, 7) is 1.73. The number of carbonyl (C=O) groups excluding carboxylic acids is 1. The number of ether oxygens (including phenoxy) is 9. The van der Waals surface area contributed by atoms with Crippen LogP contribution in [0.15, 0.2) is 218 Å². The summed E-state index contributed by atoms with van der Waals surface area (Å²) < 4.78 is 61.8. The number of allylic oxidation sites excluding steroid dienone is 1. The lowest BCUT2D eigenvalue weighted by Crippen LogP contribution is -2.63. The van der Waals surface area contributed by atoms with Gasteiger partial charge >= 0.3 is 0 Å². The van der Waals surface area contributed by atoms with Crippen molar-refractivity contribution in [3.8, 4) is 0 Å². The zero-order chi connectivity index (χ0) is 48.3. The smallest absolute Gasteiger partial charge is 0.245 e. The topological polar surface area (TPSA) is 113 Å². The van der Waals surface area contributed by atoms with E-state index in [2.05, 4.69) is 4.98 Å². The second-order valence-electron chi connectivity index (χ2n) is 17.4. The molecular weight excluding hydrogens is 895 g/mol. The number of carbonyl (C=O) groups is 1. The van der Waals surface area contributed by atoms with Gasteiger partial charge in [0.25, 0.3) is 0 Å². The number of Topliss-reactive ketones (excluding diaryl/α,β-unsaturated/α-hetero) is 1. The highest BCUT2D eigenvalue weighted by Crippen LogP contribution is 2.35. The molecule has 7 aromatic rings. The van der Waals surface area contributed by atoms with Crippen molar-refractivity contribution in [2.75, 3.05) is 13.2 Å². The molecule has 0 bridgehead atoms. The van der Waals surface area contributed by atoms with E-state index in [0.717, 1.165) is 33.4 Å². The first-order valence-corrected chi connectivity index (χ1v) is 24.1. The van der Waals surface area contributed by atoms with Crippen LogP contribution >= 0.6 is 0 Å². The molecule has 3 heterocycles. The molecule has 2 aliphatic rings. The number of hydrogen-bond donors (Lipinski definition) is 0. The third-order valence-corrected chi connectivity index (χ3v) is 12.2. The van der Waals surface area contributed by atoms with E-state index in [1.807, 2.05) is 182 Å². The molecule has 0 amide bonds. The predicted octanol–water partition coefficient (Wildman–Crippen LogP) is 10.4. The summed E-state index contributed by atoms with van der Waals surface area (Å²) in [6.07, 6.45) is -3.56. The normalized spacial score (nSPS) is 22.0. The number of pyridine rings is 1. The zero-order valence-electron chi connectivity index (χ0n) is 39.5. The van der Waals surface area contributed by atoms with Crippen LogP contribution in [0.5, 0.6) is 0 Å². The molecule has 364 valence electrons. The van der Waals surface area contributed by atoms with Crippen molar-refractivity contribution >= 4 is 5.78 Å². The first-order valence-electron chi connectivity index (χ1n) is 24.1. The lowest BCUT2D eigenvalue weighted by molar-refractivity contribution is -0.347. The van der Waals surface area contributed by atoms with E-state index in [0.29, 0.717) is 6.61 Å². The van der Waals surface area contributed by atoms with Gasteiger partial charge in [-0.25, -0.2) is 0 Å². The minimum absolute atomic E-state index is 0.0280. The highest BCUT2D eigenvalue weighted by molar-refractivity contribution is 6.06. The minimum atomic E-state index is -1.11. The van der Waals surface area contributed by atoms with Crippen molar-refractivity contribution in [2.45, 2.75) is 88.7 Å². The second kappa shape index (κ2) is 26.0. The van der Waals surface area contributed by atoms with E-state index in [-0.39, 0.29) is 57.7 Å². The summed E-state index contributed by atoms with van der Waals surface area (Å²) in [7, 11) is 0. The number of rotatable bonds is 24. The van der Waals surface area contributed by atoms with Crippen molar-refractivity contribution in [3.63, 3.8) is 0 Å². The molecule has 1 aromatic heterocycles. The van der Waals surface area contributed by atoms with Crippen LogP contribution in [0, 0.1) is 0 Å². The molecule has 0 N–H and O–H groups in total. The molecule has 9 rings (SSSR count). The molecule has 8 atom stereocenters. The summed E-state index contributed by atoms with van der Waals surface area (Å²) in [4.78, 5) is 18.6. The average molecular weight is 954 g/mol. The van der Waals surface area contributed by atoms with E-state index in [1.165, 1.54) is 0 Å². The fourth-order valence-electron chi connectivity index (χ4n) is 8.56. The molecular formula is C60H59NO10. The van der Waals surface area contributed by atoms with E-state index in [4.69, 9.17) is 42.6 Å². The maximum atomic E-state index is 14.2. The van der Waals surface area contributed by atoms with Gasteiger partial charge in [0, 0.05) is 6.20 Å². The standard InChI is InChI=1S/C60H59NO10/c62-55(50-33-19-20-34-61-50)51-35-52(65-38-46-25-11-3-12-26-46)56(53(69-51)42-63-36-44-21-7-1-8-22-44)71-60-59(68-41-49-31-17-6-18-32-49)58(67-40-48-29-15-5-16-30-48)57(66-39-47-27-13-4-14-28-47)54(70-60)43-64-37-45-23-9-2-10-24-45/h1-35,52-54,56-60H,36-43H2/t52-,53-,54-,56+,57-,58+,59-,60-/m1/s1. The Morgan fingerprint density at radius 2 is 0.831 bits per heavy atom. The Bertz CT molecular complexity index is 2650. The summed E-state index contributed by atoms with van der Waals surface area (Å²) in [5.41, 5.74) is 6.05. The van der Waals surface area contributed by atoms with Crippen molar-refractivity contribution < 1.29 is 47.4 Å². The highest BCUT2D eigenvalue weighted by Gasteiger charge is 2.52. The summed E-state index contributed by atoms with van der Waals surface area (Å²) in [6, 6.07) is 64.9. The van der Waals surface area contributed by atoms with Crippen molar-refractivity contribution in [1.82, 2.24) is 4.98 Å². The van der Waals surface area contributed by atoms with Gasteiger partial charge in [-0.3, -0.25) is 9.78 Å². The Hall–Kier alpha value is -6.64. The molecule has 0 saturated carbocycles. The third-order valence-electron chi connectivity index (χ3n) is 12.2. The number of ketones is 1. The van der Waals surface area contributed by atoms with Gasteiger partial charge in [-0.2, -0.15) is 0 Å². The summed E-state index contributed by atoms with van der Waals surface area (Å²) in [5, 5.41) is 0. The molecule has 1 saturated heterocycles. The Labute approximate surface area is 415 Å². The van der Waals surface area contributed by atoms with Gasteiger partial charge in [0.2, 0.25) is 5.78 Å². The Kier molecular flexibility index (Phi) is 18.1. The number of hydrogen-bond acceptors (Lipinski definition) is 11. The fourth-order valence-corrected chi connectivity index (χ4v) is 8.56. The van der Waals surface area contributed by atoms with Crippen LogP contribution in [-0.2, 0) is 82.3 Å². The van der Waals surface area contributed by atoms with Crippen molar-refractivity contribution in [2.24, 2.45) is 0 Å². The number of nitrogens with zero attached hydrogens (tertiary/aromatic N) is 1. The first kappa shape index (κ1) is 49.3. The number of benzene rings is 6. The monoisotopic (exact) mass is 953 g/mol. The Morgan fingerprint density at radius 1 is 0.423 bits per heavy atom. The maximum absolute atomic E-state index is 14.2. The minimum Gasteiger partial charge on any atom is -0.481 e. The summed E-state index contributed by atoms with van der Waals surface area (Å²) >= 11 is 0. The van der Waals surface area contributed by atoms with Gasteiger partial charge in [0.05, 0.1) is 52.9 Å². The fraction of sp³-hybridized carbons (Fsp3) is 0.267. The molecule has 11 nitrogen and oxygen atoms in total. The van der Waals surface area contributed by atoms with Crippen LogP contribution in [0.25, 0.3) is 0 Å². The molecule has 1 fully saturated rings. The lowest BCUT2D eigenvalue weighted by Gasteiger charge is -2.48. The van der Waals surface area contributed by atoms with E-state index in [9.17, 15) is 4.79 Å². The van der Waals surface area contributed by atoms with Gasteiger partial charge in [-0.1, -0.05) is 188 Å². The van der Waals surface area contributed by atoms with Crippen LogP contribution in [0.3, 0.4) is 0 Å². The maximum Gasteiger partial charge on any atom is 0.245 e. The van der Waals surface area contributed by atoms with E-state index >= 15 is 0 Å². The molecule has 71 heavy (non-hydrogen) atoms. The van der Waals surface area contributed by atoms with Gasteiger partial charge in [0.15, 0.2) is 18.2 Å².